The molecule has 1 fully saturated rings. The number of benzene rings is 1. The molecule has 33 heavy (non-hydrogen) atoms. The van der Waals surface area contributed by atoms with Crippen LogP contribution < -0.4 is 15.0 Å². The number of hydrogen-bond donors (Lipinski definition) is 1. The van der Waals surface area contributed by atoms with Crippen LogP contribution in [0.3, 0.4) is 0 Å². The minimum absolute atomic E-state index is 0.123. The van der Waals surface area contributed by atoms with Crippen LogP contribution >= 0.6 is 0 Å². The van der Waals surface area contributed by atoms with Crippen molar-refractivity contribution in [2.24, 2.45) is 11.8 Å². The summed E-state index contributed by atoms with van der Waals surface area (Å²) in [6.45, 7) is 6.99. The summed E-state index contributed by atoms with van der Waals surface area (Å²) in [5, 5.41) is 2.68. The lowest BCUT2D eigenvalue weighted by molar-refractivity contribution is 0.0126. The van der Waals surface area contributed by atoms with Crippen molar-refractivity contribution in [2.45, 2.75) is 39.5 Å². The summed E-state index contributed by atoms with van der Waals surface area (Å²) in [5.74, 6) is -2.04. The fourth-order valence-corrected chi connectivity index (χ4v) is 4.09. The van der Waals surface area contributed by atoms with Gasteiger partial charge in [0.1, 0.15) is 22.7 Å². The van der Waals surface area contributed by atoms with Gasteiger partial charge in [-0.3, -0.25) is 4.79 Å². The van der Waals surface area contributed by atoms with E-state index in [2.05, 4.69) is 34.0 Å². The number of piperidine rings is 1. The average Bonchev–Trinajstić information content (AvgIpc) is 3.21. The van der Waals surface area contributed by atoms with Gasteiger partial charge in [0.25, 0.3) is 17.8 Å². The molecule has 176 valence electrons. The highest BCUT2D eigenvalue weighted by Gasteiger charge is 2.28. The summed E-state index contributed by atoms with van der Waals surface area (Å²) < 4.78 is 38.6. The fraction of sp³-hybridized carbons (Fsp3) is 0.458. The van der Waals surface area contributed by atoms with Crippen LogP contribution in [0.4, 0.5) is 20.5 Å². The summed E-state index contributed by atoms with van der Waals surface area (Å²) in [5.41, 5.74) is 0.846. The number of ether oxygens (including phenoxy) is 1. The van der Waals surface area contributed by atoms with Gasteiger partial charge in [-0.1, -0.05) is 19.9 Å². The van der Waals surface area contributed by atoms with E-state index in [0.717, 1.165) is 32.9 Å². The monoisotopic (exact) mass is 458 g/mol. The van der Waals surface area contributed by atoms with E-state index in [1.54, 1.807) is 12.1 Å². The highest BCUT2D eigenvalue weighted by molar-refractivity contribution is 6.04. The standard InChI is InChI=1S/C24H28F2N4O3/c1-14(2)15-8-10-30(11-9-15)23-29-18-12-19(32-4)17(13-20(18)33-23)28-22(31)16-6-5-7-21(27-16)24(3,25)26/h5-7,12-15H,8-11H2,1-4H3,(H,28,31). The largest absolute Gasteiger partial charge is 0.494 e. The molecular formula is C24H28F2N4O3. The highest BCUT2D eigenvalue weighted by Crippen LogP contribution is 2.34. The van der Waals surface area contributed by atoms with E-state index in [0.29, 0.717) is 40.4 Å². The fourth-order valence-electron chi connectivity index (χ4n) is 4.09. The van der Waals surface area contributed by atoms with Gasteiger partial charge in [0.05, 0.1) is 12.8 Å². The van der Waals surface area contributed by atoms with Gasteiger partial charge in [0.15, 0.2) is 5.58 Å². The van der Waals surface area contributed by atoms with Crippen LogP contribution in [0.2, 0.25) is 0 Å². The third-order valence-electron chi connectivity index (χ3n) is 6.13. The predicted octanol–water partition coefficient (Wildman–Crippen LogP) is 5.47. The van der Waals surface area contributed by atoms with Crippen molar-refractivity contribution in [3.8, 4) is 5.75 Å². The summed E-state index contributed by atoms with van der Waals surface area (Å²) in [6.07, 6.45) is 2.17. The Morgan fingerprint density at radius 1 is 1.24 bits per heavy atom. The Kier molecular flexibility index (Phi) is 6.23. The van der Waals surface area contributed by atoms with Crippen molar-refractivity contribution < 1.29 is 22.7 Å². The van der Waals surface area contributed by atoms with E-state index in [1.807, 2.05) is 0 Å². The van der Waals surface area contributed by atoms with Crippen LogP contribution in [0.5, 0.6) is 5.75 Å². The first-order chi connectivity index (χ1) is 15.7. The van der Waals surface area contributed by atoms with Gasteiger partial charge in [-0.15, -0.1) is 0 Å². The molecule has 4 rings (SSSR count). The zero-order valence-corrected chi connectivity index (χ0v) is 19.2. The molecule has 1 aromatic carbocycles. The van der Waals surface area contributed by atoms with Gasteiger partial charge in [0, 0.05) is 32.1 Å². The van der Waals surface area contributed by atoms with Gasteiger partial charge in [0.2, 0.25) is 0 Å². The van der Waals surface area contributed by atoms with Crippen LogP contribution in [-0.2, 0) is 5.92 Å². The molecule has 9 heteroatoms. The van der Waals surface area contributed by atoms with Crippen LogP contribution in [0, 0.1) is 11.8 Å². The van der Waals surface area contributed by atoms with Crippen molar-refractivity contribution in [3.63, 3.8) is 0 Å². The minimum atomic E-state index is -3.15. The normalized spacial score (nSPS) is 15.3. The number of carbonyl (C=O) groups is 1. The van der Waals surface area contributed by atoms with E-state index < -0.39 is 17.5 Å². The number of hydrogen-bond acceptors (Lipinski definition) is 6. The Balaban J connectivity index is 1.56. The molecule has 1 aliphatic heterocycles. The number of nitrogens with zero attached hydrogens (tertiary/aromatic N) is 3. The number of anilines is 2. The molecule has 7 nitrogen and oxygen atoms in total. The van der Waals surface area contributed by atoms with Gasteiger partial charge in [-0.25, -0.2) is 4.98 Å². The number of aromatic nitrogens is 2. The van der Waals surface area contributed by atoms with Gasteiger partial charge >= 0.3 is 0 Å². The Hall–Kier alpha value is -3.23. The Labute approximate surface area is 191 Å². The molecule has 1 N–H and O–H groups in total. The van der Waals surface area contributed by atoms with Crippen LogP contribution in [0.15, 0.2) is 34.7 Å². The number of halogens is 2. The van der Waals surface area contributed by atoms with Crippen molar-refractivity contribution >= 4 is 28.7 Å². The topological polar surface area (TPSA) is 80.5 Å². The lowest BCUT2D eigenvalue weighted by atomic mass is 9.87. The second-order valence-electron chi connectivity index (χ2n) is 8.84. The van der Waals surface area contributed by atoms with E-state index in [4.69, 9.17) is 9.15 Å². The second-order valence-corrected chi connectivity index (χ2v) is 8.84. The molecule has 1 aliphatic rings. The minimum Gasteiger partial charge on any atom is -0.494 e. The zero-order valence-electron chi connectivity index (χ0n) is 19.2. The smallest absolute Gasteiger partial charge is 0.298 e. The predicted molar refractivity (Wildman–Crippen MR) is 122 cm³/mol. The second kappa shape index (κ2) is 8.96. The molecule has 0 atom stereocenters. The number of pyridine rings is 1. The average molecular weight is 459 g/mol. The first-order valence-corrected chi connectivity index (χ1v) is 11.1. The quantitative estimate of drug-likeness (QED) is 0.528. The highest BCUT2D eigenvalue weighted by atomic mass is 19.3. The molecular weight excluding hydrogens is 430 g/mol. The number of carbonyl (C=O) groups excluding carboxylic acids is 1. The first kappa shape index (κ1) is 22.9. The molecule has 1 amide bonds. The van der Waals surface area contributed by atoms with Gasteiger partial charge in [-0.05, 0) is 36.8 Å². The molecule has 0 saturated carbocycles. The van der Waals surface area contributed by atoms with Crippen molar-refractivity contribution in [2.75, 3.05) is 30.4 Å². The van der Waals surface area contributed by atoms with E-state index in [9.17, 15) is 13.6 Å². The molecule has 3 heterocycles. The SMILES string of the molecule is COc1cc2nc(N3CCC(C(C)C)CC3)oc2cc1NC(=O)c1cccc(C(C)(F)F)n1. The van der Waals surface area contributed by atoms with E-state index >= 15 is 0 Å². The lowest BCUT2D eigenvalue weighted by Gasteiger charge is -2.32. The van der Waals surface area contributed by atoms with Crippen molar-refractivity contribution in [1.82, 2.24) is 9.97 Å². The number of oxazole rings is 1. The molecule has 2 aromatic heterocycles. The molecule has 1 saturated heterocycles. The summed E-state index contributed by atoms with van der Waals surface area (Å²) in [7, 11) is 1.48. The Bertz CT molecular complexity index is 1150. The lowest BCUT2D eigenvalue weighted by Crippen LogP contribution is -2.35. The van der Waals surface area contributed by atoms with Crippen LogP contribution in [-0.4, -0.2) is 36.1 Å². The van der Waals surface area contributed by atoms with Crippen molar-refractivity contribution in [1.29, 1.82) is 0 Å². The first-order valence-electron chi connectivity index (χ1n) is 11.1. The molecule has 0 radical (unpaired) electrons. The van der Waals surface area contributed by atoms with E-state index in [1.165, 1.54) is 25.3 Å². The molecule has 0 bridgehead atoms. The van der Waals surface area contributed by atoms with Crippen molar-refractivity contribution in [3.05, 3.63) is 41.7 Å². The number of methoxy groups -OCH3 is 1. The molecule has 0 unspecified atom stereocenters. The Morgan fingerprint density at radius 3 is 2.61 bits per heavy atom. The maximum atomic E-state index is 13.6. The summed E-state index contributed by atoms with van der Waals surface area (Å²) >= 11 is 0. The van der Waals surface area contributed by atoms with Gasteiger partial charge < -0.3 is 19.4 Å². The maximum Gasteiger partial charge on any atom is 0.298 e. The van der Waals surface area contributed by atoms with Crippen LogP contribution in [0.1, 0.15) is 49.8 Å². The zero-order chi connectivity index (χ0) is 23.8. The number of rotatable bonds is 6. The number of amides is 1. The maximum absolute atomic E-state index is 13.6. The molecule has 0 spiro atoms. The number of fused-ring (bicyclic) bond motifs is 1. The van der Waals surface area contributed by atoms with Crippen LogP contribution in [0.25, 0.3) is 11.1 Å². The Morgan fingerprint density at radius 2 is 1.97 bits per heavy atom. The number of alkyl halides is 2. The molecule has 3 aromatic rings. The van der Waals surface area contributed by atoms with Gasteiger partial charge in [-0.2, -0.15) is 13.8 Å². The summed E-state index contributed by atoms with van der Waals surface area (Å²) in [6, 6.07) is 7.79. The molecule has 0 aliphatic carbocycles. The third-order valence-corrected chi connectivity index (χ3v) is 6.13. The summed E-state index contributed by atoms with van der Waals surface area (Å²) in [4.78, 5) is 23.2. The van der Waals surface area contributed by atoms with E-state index in [-0.39, 0.29) is 5.69 Å². The number of nitrogens with one attached hydrogen (secondary N) is 1. The third kappa shape index (κ3) is 4.91.